The first-order valence-electron chi connectivity index (χ1n) is 10.2. The van der Waals surface area contributed by atoms with Crippen LogP contribution in [0.5, 0.6) is 0 Å². The van der Waals surface area contributed by atoms with Crippen molar-refractivity contribution < 1.29 is 47.1 Å². The molecule has 202 valence electrons. The zero-order chi connectivity index (χ0) is 28.0. The Morgan fingerprint density at radius 1 is 0.595 bits per heavy atom. The third-order valence-corrected chi connectivity index (χ3v) is 5.01. The molecule has 37 heavy (non-hydrogen) atoms. The third-order valence-electron chi connectivity index (χ3n) is 4.08. The molecule has 0 aliphatic carbocycles. The number of amides is 6. The van der Waals surface area contributed by atoms with Crippen LogP contribution in [0.2, 0.25) is 0 Å². The Hall–Kier alpha value is -4.58. The molecule has 1 rings (SSSR count). The van der Waals surface area contributed by atoms with E-state index in [9.17, 15) is 42.0 Å². The molecule has 0 unspecified atom stereocenters. The number of carbonyl (C=O) groups is 7. The van der Waals surface area contributed by atoms with Crippen molar-refractivity contribution in [1.29, 1.82) is 0 Å². The van der Waals surface area contributed by atoms with E-state index in [2.05, 4.69) is 26.6 Å². The highest BCUT2D eigenvalue weighted by molar-refractivity contribution is 7.89. The predicted molar refractivity (Wildman–Crippen MR) is 123 cm³/mol. The number of carboxylic acids is 1. The van der Waals surface area contributed by atoms with Gasteiger partial charge in [-0.2, -0.15) is 0 Å². The molecule has 1 aromatic rings. The van der Waals surface area contributed by atoms with Crippen LogP contribution in [-0.2, 0) is 38.8 Å². The number of nitrogens with one attached hydrogen (secondary N) is 6. The molecule has 0 bridgehead atoms. The Bertz CT molecular complexity index is 1150. The number of aliphatic carboxylic acids is 1. The summed E-state index contributed by atoms with van der Waals surface area (Å²) >= 11 is 0. The Balaban J connectivity index is 2.22. The second-order valence-corrected chi connectivity index (χ2v) is 8.59. The van der Waals surface area contributed by atoms with Crippen LogP contribution in [0.3, 0.4) is 0 Å². The quantitative estimate of drug-likeness (QED) is 0.110. The van der Waals surface area contributed by atoms with Gasteiger partial charge >= 0.3 is 5.97 Å². The molecule has 17 nitrogen and oxygen atoms in total. The minimum absolute atomic E-state index is 0.0686. The number of carboxylic acid groups (broad SMARTS) is 1. The van der Waals surface area contributed by atoms with Gasteiger partial charge in [0.25, 0.3) is 5.91 Å². The molecule has 0 saturated carbocycles. The Kier molecular flexibility index (Phi) is 12.1. The van der Waals surface area contributed by atoms with E-state index in [4.69, 9.17) is 10.2 Å². The number of hydrogen-bond acceptors (Lipinski definition) is 9. The molecule has 0 aliphatic rings. The smallest absolute Gasteiger partial charge is 0.322 e. The fourth-order valence-corrected chi connectivity index (χ4v) is 2.78. The summed E-state index contributed by atoms with van der Waals surface area (Å²) in [5.41, 5.74) is 0.0686. The number of sulfonamides is 1. The summed E-state index contributed by atoms with van der Waals surface area (Å²) < 4.78 is 22.4. The average molecular weight is 544 g/mol. The van der Waals surface area contributed by atoms with Crippen molar-refractivity contribution in [2.75, 3.05) is 39.3 Å². The molecule has 6 amide bonds. The maximum absolute atomic E-state index is 12.0. The molecule has 0 aromatic heterocycles. The summed E-state index contributed by atoms with van der Waals surface area (Å²) in [7, 11) is -3.92. The van der Waals surface area contributed by atoms with E-state index in [0.717, 1.165) is 12.1 Å². The Labute approximate surface area is 210 Å². The van der Waals surface area contributed by atoms with Gasteiger partial charge in [0.05, 0.1) is 37.6 Å². The summed E-state index contributed by atoms with van der Waals surface area (Å²) in [6.45, 7) is -3.15. The Morgan fingerprint density at radius 3 is 1.24 bits per heavy atom. The lowest BCUT2D eigenvalue weighted by atomic mass is 10.2. The van der Waals surface area contributed by atoms with Gasteiger partial charge in [0.1, 0.15) is 6.54 Å². The first kappa shape index (κ1) is 30.5. The molecule has 9 N–H and O–H groups in total. The van der Waals surface area contributed by atoms with Crippen LogP contribution in [0.4, 0.5) is 0 Å². The van der Waals surface area contributed by atoms with Gasteiger partial charge < -0.3 is 37.0 Å². The van der Waals surface area contributed by atoms with Crippen LogP contribution >= 0.6 is 0 Å². The van der Waals surface area contributed by atoms with Crippen molar-refractivity contribution in [3.05, 3.63) is 29.8 Å². The van der Waals surface area contributed by atoms with Crippen LogP contribution in [0.15, 0.2) is 29.2 Å². The number of rotatable bonds is 14. The van der Waals surface area contributed by atoms with Crippen molar-refractivity contribution in [3.8, 4) is 0 Å². The Morgan fingerprint density at radius 2 is 0.919 bits per heavy atom. The highest BCUT2D eigenvalue weighted by Gasteiger charge is 2.13. The topological polar surface area (TPSA) is 272 Å². The number of primary sulfonamides is 1. The molecular formula is C19H25N7O10S. The standard InChI is InChI=1S/C19H25N7O10S/c20-37(35,36)12-3-1-11(2-4-12)19(34)26-9-17(31)24-7-15(29)22-5-13(27)21-6-14(28)23-8-16(30)25-10-18(32)33/h1-4H,5-10H2,(H,21,27)(H,22,29)(H,23,28)(H,24,31)(H,25,30)(H,26,34)(H,32,33)(H2,20,35,36). The molecule has 0 saturated heterocycles. The maximum atomic E-state index is 12.0. The van der Waals surface area contributed by atoms with E-state index in [1.165, 1.54) is 12.1 Å². The van der Waals surface area contributed by atoms with Crippen LogP contribution in [0, 0.1) is 0 Å². The first-order chi connectivity index (χ1) is 17.3. The average Bonchev–Trinajstić information content (AvgIpc) is 2.84. The number of hydrogen-bond donors (Lipinski definition) is 8. The molecule has 1 aromatic carbocycles. The number of carbonyl (C=O) groups excluding carboxylic acids is 6. The molecule has 0 radical (unpaired) electrons. The van der Waals surface area contributed by atoms with Gasteiger partial charge in [-0.25, -0.2) is 13.6 Å². The second-order valence-electron chi connectivity index (χ2n) is 7.03. The summed E-state index contributed by atoms with van der Waals surface area (Å²) in [6.07, 6.45) is 0. The molecule has 0 fully saturated rings. The molecule has 0 spiro atoms. The van der Waals surface area contributed by atoms with E-state index in [-0.39, 0.29) is 10.5 Å². The van der Waals surface area contributed by atoms with E-state index >= 15 is 0 Å². The van der Waals surface area contributed by atoms with Crippen molar-refractivity contribution in [1.82, 2.24) is 31.9 Å². The fourth-order valence-electron chi connectivity index (χ4n) is 2.26. The normalized spacial score (nSPS) is 10.4. The van der Waals surface area contributed by atoms with Gasteiger partial charge in [-0.3, -0.25) is 33.6 Å². The zero-order valence-corrected chi connectivity index (χ0v) is 20.0. The SMILES string of the molecule is NS(=O)(=O)c1ccc(C(=O)NCC(=O)NCC(=O)NCC(=O)NCC(=O)NCC(=O)NCC(=O)O)cc1. The van der Waals surface area contributed by atoms with Gasteiger partial charge in [0.2, 0.25) is 39.6 Å². The molecule has 0 aliphatic heterocycles. The largest absolute Gasteiger partial charge is 0.480 e. The third kappa shape index (κ3) is 13.2. The van der Waals surface area contributed by atoms with Crippen molar-refractivity contribution >= 4 is 51.4 Å². The highest BCUT2D eigenvalue weighted by atomic mass is 32.2. The summed E-state index contributed by atoms with van der Waals surface area (Å²) in [4.78, 5) is 80.1. The zero-order valence-electron chi connectivity index (χ0n) is 19.2. The number of nitrogens with two attached hydrogens (primary N) is 1. The molecule has 0 atom stereocenters. The molecular weight excluding hydrogens is 518 g/mol. The van der Waals surface area contributed by atoms with Crippen LogP contribution in [0.25, 0.3) is 0 Å². The highest BCUT2D eigenvalue weighted by Crippen LogP contribution is 2.08. The van der Waals surface area contributed by atoms with E-state index < -0.39 is 90.7 Å². The van der Waals surface area contributed by atoms with Crippen molar-refractivity contribution in [2.45, 2.75) is 4.90 Å². The lowest BCUT2D eigenvalue weighted by Crippen LogP contribution is -2.46. The van der Waals surface area contributed by atoms with E-state index in [1.807, 2.05) is 5.32 Å². The predicted octanol–water partition coefficient (Wildman–Crippen LogP) is -5.27. The van der Waals surface area contributed by atoms with Crippen LogP contribution in [-0.4, -0.2) is 94.2 Å². The van der Waals surface area contributed by atoms with Gasteiger partial charge in [-0.15, -0.1) is 0 Å². The lowest BCUT2D eigenvalue weighted by molar-refractivity contribution is -0.137. The van der Waals surface area contributed by atoms with Gasteiger partial charge in [0, 0.05) is 5.56 Å². The lowest BCUT2D eigenvalue weighted by Gasteiger charge is -2.09. The van der Waals surface area contributed by atoms with Crippen LogP contribution < -0.4 is 37.0 Å². The first-order valence-corrected chi connectivity index (χ1v) is 11.8. The molecule has 18 heteroatoms. The van der Waals surface area contributed by atoms with Gasteiger partial charge in [-0.05, 0) is 24.3 Å². The van der Waals surface area contributed by atoms with Crippen molar-refractivity contribution in [2.24, 2.45) is 5.14 Å². The van der Waals surface area contributed by atoms with E-state index in [1.54, 1.807) is 0 Å². The summed E-state index contributed by atoms with van der Waals surface area (Å²) in [6, 6.07) is 4.66. The van der Waals surface area contributed by atoms with Gasteiger partial charge in [-0.1, -0.05) is 0 Å². The fraction of sp³-hybridized carbons (Fsp3) is 0.316. The second kappa shape index (κ2) is 14.7. The summed E-state index contributed by atoms with van der Waals surface area (Å²) in [5, 5.41) is 26.4. The minimum atomic E-state index is -3.92. The van der Waals surface area contributed by atoms with Crippen molar-refractivity contribution in [3.63, 3.8) is 0 Å². The summed E-state index contributed by atoms with van der Waals surface area (Å²) in [5.74, 6) is -5.62. The van der Waals surface area contributed by atoms with Crippen LogP contribution in [0.1, 0.15) is 10.4 Å². The number of benzene rings is 1. The minimum Gasteiger partial charge on any atom is -0.480 e. The monoisotopic (exact) mass is 543 g/mol. The van der Waals surface area contributed by atoms with E-state index in [0.29, 0.717) is 0 Å². The molecule has 0 heterocycles. The van der Waals surface area contributed by atoms with Gasteiger partial charge in [0.15, 0.2) is 0 Å². The maximum Gasteiger partial charge on any atom is 0.322 e.